The lowest BCUT2D eigenvalue weighted by atomic mass is 9.80. The van der Waals surface area contributed by atoms with Crippen molar-refractivity contribution < 1.29 is 9.53 Å². The molecule has 7 nitrogen and oxygen atoms in total. The molecule has 0 bridgehead atoms. The first-order valence-corrected chi connectivity index (χ1v) is 11.3. The summed E-state index contributed by atoms with van der Waals surface area (Å²) in [5, 5.41) is 9.79. The third kappa shape index (κ3) is 6.71. The standard InChI is InChI=1S/C23H37N5O2/c1-24-22(25-13-10-21(29)26-18-20-8-4-2-5-9-20)27-19-23(11-6-3-7-12-23)28-14-16-30-17-15-28/h2,4-5,8-9H,3,6-7,10-19H2,1H3,(H,26,29)(H2,24,25,27). The summed E-state index contributed by atoms with van der Waals surface area (Å²) >= 11 is 0. The van der Waals surface area contributed by atoms with Gasteiger partial charge in [-0.25, -0.2) is 0 Å². The molecule has 0 unspecified atom stereocenters. The third-order valence-electron chi connectivity index (χ3n) is 6.25. The number of aliphatic imine (C=N–C) groups is 1. The Kier molecular flexibility index (Phi) is 8.96. The first kappa shape index (κ1) is 22.6. The number of morpholine rings is 1. The van der Waals surface area contributed by atoms with Gasteiger partial charge in [0.2, 0.25) is 5.91 Å². The van der Waals surface area contributed by atoms with Crippen molar-refractivity contribution in [3.63, 3.8) is 0 Å². The van der Waals surface area contributed by atoms with Gasteiger partial charge < -0.3 is 20.7 Å². The van der Waals surface area contributed by atoms with Crippen LogP contribution in [-0.2, 0) is 16.1 Å². The summed E-state index contributed by atoms with van der Waals surface area (Å²) in [6.07, 6.45) is 6.76. The number of ether oxygens (including phenoxy) is 1. The maximum absolute atomic E-state index is 12.1. The largest absolute Gasteiger partial charge is 0.379 e. The van der Waals surface area contributed by atoms with E-state index < -0.39 is 0 Å². The number of benzene rings is 1. The first-order valence-electron chi connectivity index (χ1n) is 11.3. The van der Waals surface area contributed by atoms with Crippen molar-refractivity contribution in [1.82, 2.24) is 20.9 Å². The second-order valence-corrected chi connectivity index (χ2v) is 8.25. The molecule has 30 heavy (non-hydrogen) atoms. The van der Waals surface area contributed by atoms with E-state index in [4.69, 9.17) is 4.74 Å². The molecule has 1 aliphatic carbocycles. The average Bonchev–Trinajstić information content (AvgIpc) is 2.82. The van der Waals surface area contributed by atoms with Gasteiger partial charge in [0, 0.05) is 51.7 Å². The van der Waals surface area contributed by atoms with Gasteiger partial charge in [-0.2, -0.15) is 0 Å². The highest BCUT2D eigenvalue weighted by molar-refractivity contribution is 5.81. The van der Waals surface area contributed by atoms with Crippen molar-refractivity contribution in [1.29, 1.82) is 0 Å². The second kappa shape index (κ2) is 11.9. The van der Waals surface area contributed by atoms with E-state index in [2.05, 4.69) is 25.8 Å². The molecule has 166 valence electrons. The molecule has 0 radical (unpaired) electrons. The van der Waals surface area contributed by atoms with Crippen LogP contribution >= 0.6 is 0 Å². The predicted octanol–water partition coefficient (Wildman–Crippen LogP) is 1.89. The number of guanidine groups is 1. The molecule has 0 spiro atoms. The summed E-state index contributed by atoms with van der Waals surface area (Å²) in [5.74, 6) is 0.808. The van der Waals surface area contributed by atoms with E-state index in [0.29, 0.717) is 19.5 Å². The van der Waals surface area contributed by atoms with E-state index in [-0.39, 0.29) is 11.4 Å². The quantitative estimate of drug-likeness (QED) is 0.446. The van der Waals surface area contributed by atoms with Gasteiger partial charge in [-0.05, 0) is 18.4 Å². The fourth-order valence-electron chi connectivity index (χ4n) is 4.50. The normalized spacial score (nSPS) is 19.8. The zero-order valence-electron chi connectivity index (χ0n) is 18.3. The molecule has 1 saturated heterocycles. The van der Waals surface area contributed by atoms with Gasteiger partial charge in [-0.1, -0.05) is 49.6 Å². The maximum atomic E-state index is 12.1. The van der Waals surface area contributed by atoms with Gasteiger partial charge in [0.1, 0.15) is 0 Å². The Morgan fingerprint density at radius 3 is 2.50 bits per heavy atom. The number of rotatable bonds is 8. The minimum atomic E-state index is 0.0406. The topological polar surface area (TPSA) is 78.0 Å². The zero-order valence-corrected chi connectivity index (χ0v) is 18.3. The van der Waals surface area contributed by atoms with Crippen LogP contribution in [0.15, 0.2) is 35.3 Å². The molecule has 1 saturated carbocycles. The molecular weight excluding hydrogens is 378 g/mol. The van der Waals surface area contributed by atoms with Crippen molar-refractivity contribution >= 4 is 11.9 Å². The van der Waals surface area contributed by atoms with Crippen LogP contribution in [0.1, 0.15) is 44.1 Å². The summed E-state index contributed by atoms with van der Waals surface area (Å²) in [7, 11) is 1.78. The number of hydrogen-bond donors (Lipinski definition) is 3. The van der Waals surface area contributed by atoms with Crippen molar-refractivity contribution in [2.24, 2.45) is 4.99 Å². The van der Waals surface area contributed by atoms with Crippen molar-refractivity contribution in [2.75, 3.05) is 46.4 Å². The summed E-state index contributed by atoms with van der Waals surface area (Å²) < 4.78 is 5.57. The van der Waals surface area contributed by atoms with Crippen LogP contribution in [0.3, 0.4) is 0 Å². The van der Waals surface area contributed by atoms with Crippen molar-refractivity contribution in [3.8, 4) is 0 Å². The Morgan fingerprint density at radius 2 is 1.80 bits per heavy atom. The van der Waals surface area contributed by atoms with Crippen LogP contribution in [0.5, 0.6) is 0 Å². The maximum Gasteiger partial charge on any atom is 0.222 e. The Morgan fingerprint density at radius 1 is 1.07 bits per heavy atom. The van der Waals surface area contributed by atoms with E-state index in [1.54, 1.807) is 7.05 Å². The Hall–Kier alpha value is -2.12. The fraction of sp³-hybridized carbons (Fsp3) is 0.652. The van der Waals surface area contributed by atoms with Crippen LogP contribution in [-0.4, -0.2) is 68.7 Å². The highest BCUT2D eigenvalue weighted by Gasteiger charge is 2.38. The van der Waals surface area contributed by atoms with Gasteiger partial charge in [-0.15, -0.1) is 0 Å². The van der Waals surface area contributed by atoms with Gasteiger partial charge in [0.15, 0.2) is 5.96 Å². The van der Waals surface area contributed by atoms with Gasteiger partial charge in [0.25, 0.3) is 0 Å². The molecule has 0 aromatic heterocycles. The predicted molar refractivity (Wildman–Crippen MR) is 120 cm³/mol. The molecule has 3 rings (SSSR count). The Balaban J connectivity index is 1.41. The Bertz CT molecular complexity index is 667. The lowest BCUT2D eigenvalue weighted by Gasteiger charge is -2.48. The summed E-state index contributed by atoms with van der Waals surface area (Å²) in [5.41, 5.74) is 1.30. The Labute approximate surface area is 180 Å². The van der Waals surface area contributed by atoms with E-state index in [1.807, 2.05) is 30.3 Å². The van der Waals surface area contributed by atoms with Gasteiger partial charge in [0.05, 0.1) is 13.2 Å². The highest BCUT2D eigenvalue weighted by atomic mass is 16.5. The molecule has 7 heteroatoms. The SMILES string of the molecule is CN=C(NCCC(=O)NCc1ccccc1)NCC1(N2CCOCC2)CCCCC1. The minimum absolute atomic E-state index is 0.0406. The van der Waals surface area contributed by atoms with Crippen molar-refractivity contribution in [2.45, 2.75) is 50.6 Å². The smallest absolute Gasteiger partial charge is 0.222 e. The number of carbonyl (C=O) groups excluding carboxylic acids is 1. The molecule has 1 aliphatic heterocycles. The summed E-state index contributed by atoms with van der Waals surface area (Å²) in [4.78, 5) is 19.1. The van der Waals surface area contributed by atoms with Crippen LogP contribution < -0.4 is 16.0 Å². The van der Waals surface area contributed by atoms with E-state index in [9.17, 15) is 4.79 Å². The number of nitrogens with zero attached hydrogens (tertiary/aromatic N) is 2. The third-order valence-corrected chi connectivity index (χ3v) is 6.25. The fourth-order valence-corrected chi connectivity index (χ4v) is 4.50. The lowest BCUT2D eigenvalue weighted by Crippen LogP contribution is -2.60. The zero-order chi connectivity index (χ0) is 21.1. The van der Waals surface area contributed by atoms with Gasteiger partial charge in [-0.3, -0.25) is 14.7 Å². The van der Waals surface area contributed by atoms with Crippen LogP contribution in [0.4, 0.5) is 0 Å². The number of carbonyl (C=O) groups is 1. The summed E-state index contributed by atoms with van der Waals surface area (Å²) in [6.45, 7) is 5.68. The van der Waals surface area contributed by atoms with Crippen molar-refractivity contribution in [3.05, 3.63) is 35.9 Å². The molecule has 0 atom stereocenters. The number of amides is 1. The first-order chi connectivity index (χ1) is 14.7. The van der Waals surface area contributed by atoms with E-state index in [1.165, 1.54) is 32.1 Å². The minimum Gasteiger partial charge on any atom is -0.379 e. The van der Waals surface area contributed by atoms with E-state index >= 15 is 0 Å². The molecule has 1 heterocycles. The second-order valence-electron chi connectivity index (χ2n) is 8.25. The molecule has 1 aromatic rings. The monoisotopic (exact) mass is 415 g/mol. The molecular formula is C23H37N5O2. The van der Waals surface area contributed by atoms with Crippen LogP contribution in [0.2, 0.25) is 0 Å². The molecule has 1 aromatic carbocycles. The molecule has 2 fully saturated rings. The van der Waals surface area contributed by atoms with E-state index in [0.717, 1.165) is 44.4 Å². The molecule has 2 aliphatic rings. The molecule has 3 N–H and O–H groups in total. The average molecular weight is 416 g/mol. The van der Waals surface area contributed by atoms with Crippen LogP contribution in [0, 0.1) is 0 Å². The molecule has 1 amide bonds. The summed E-state index contributed by atoms with van der Waals surface area (Å²) in [6, 6.07) is 9.97. The lowest BCUT2D eigenvalue weighted by molar-refractivity contribution is -0.121. The van der Waals surface area contributed by atoms with Crippen LogP contribution in [0.25, 0.3) is 0 Å². The highest BCUT2D eigenvalue weighted by Crippen LogP contribution is 2.33. The number of nitrogens with one attached hydrogen (secondary N) is 3. The van der Waals surface area contributed by atoms with Gasteiger partial charge >= 0.3 is 0 Å². The number of hydrogen-bond acceptors (Lipinski definition) is 4.